The lowest BCUT2D eigenvalue weighted by atomic mass is 9.93. The maximum Gasteiger partial charge on any atom is 0.319 e. The first kappa shape index (κ1) is 19.2. The Morgan fingerprint density at radius 1 is 1.11 bits per heavy atom. The molecule has 1 atom stereocenters. The minimum absolute atomic E-state index is 0.301. The first-order valence-electron chi connectivity index (χ1n) is 8.50. The number of hydrogen-bond donors (Lipinski definition) is 3. The summed E-state index contributed by atoms with van der Waals surface area (Å²) in [4.78, 5) is 25.1. The van der Waals surface area contributed by atoms with Gasteiger partial charge in [-0.25, -0.2) is 9.18 Å². The monoisotopic (exact) mass is 385 g/mol. The van der Waals surface area contributed by atoms with E-state index in [1.54, 1.807) is 25.1 Å². The number of halogens is 1. The summed E-state index contributed by atoms with van der Waals surface area (Å²) in [6, 6.07) is 9.43. The zero-order valence-electron chi connectivity index (χ0n) is 15.6. The van der Waals surface area contributed by atoms with Crippen molar-refractivity contribution in [2.75, 3.05) is 19.5 Å². The van der Waals surface area contributed by atoms with Gasteiger partial charge in [0.2, 0.25) is 0 Å². The number of methoxy groups -OCH3 is 2. The molecule has 0 bridgehead atoms. The second-order valence-electron chi connectivity index (χ2n) is 6.11. The highest BCUT2D eigenvalue weighted by Gasteiger charge is 2.33. The molecule has 1 heterocycles. The second-order valence-corrected chi connectivity index (χ2v) is 6.11. The molecule has 1 aliphatic rings. The van der Waals surface area contributed by atoms with Crippen molar-refractivity contribution in [3.63, 3.8) is 0 Å². The highest BCUT2D eigenvalue weighted by Crippen LogP contribution is 2.39. The Morgan fingerprint density at radius 3 is 2.46 bits per heavy atom. The smallest absolute Gasteiger partial charge is 0.319 e. The predicted octanol–water partition coefficient (Wildman–Crippen LogP) is 3.11. The second kappa shape index (κ2) is 7.99. The van der Waals surface area contributed by atoms with Crippen molar-refractivity contribution in [1.82, 2.24) is 10.6 Å². The molecule has 3 rings (SSSR count). The maximum atomic E-state index is 13.1. The van der Waals surface area contributed by atoms with Gasteiger partial charge >= 0.3 is 6.03 Å². The van der Waals surface area contributed by atoms with Gasteiger partial charge in [0, 0.05) is 16.9 Å². The molecule has 0 aromatic heterocycles. The third kappa shape index (κ3) is 3.75. The molecule has 0 saturated carbocycles. The molecule has 0 spiro atoms. The molecule has 2 aromatic rings. The molecule has 7 nitrogen and oxygen atoms in total. The predicted molar refractivity (Wildman–Crippen MR) is 102 cm³/mol. The lowest BCUT2D eigenvalue weighted by molar-refractivity contribution is -0.113. The van der Waals surface area contributed by atoms with E-state index in [2.05, 4.69) is 16.0 Å². The summed E-state index contributed by atoms with van der Waals surface area (Å²) in [6.07, 6.45) is 0. The molecule has 2 aromatic carbocycles. The summed E-state index contributed by atoms with van der Waals surface area (Å²) in [5.41, 5.74) is 1.70. The largest absolute Gasteiger partial charge is 0.493 e. The van der Waals surface area contributed by atoms with Crippen molar-refractivity contribution in [1.29, 1.82) is 0 Å². The molecule has 3 amide bonds. The van der Waals surface area contributed by atoms with Crippen molar-refractivity contribution in [3.05, 3.63) is 65.1 Å². The standard InChI is InChI=1S/C20H20FN3O4/c1-11-16(19(25)23-13-9-7-12(21)8-10-13)17(24-20(26)22-11)14-5-4-6-15(27-2)18(14)28-3/h4-10,17H,1-3H3,(H,23,25)(H2,22,24,26)/t17-/m1/s1. The quantitative estimate of drug-likeness (QED) is 0.738. The van der Waals surface area contributed by atoms with E-state index >= 15 is 0 Å². The third-order valence-corrected chi connectivity index (χ3v) is 4.36. The summed E-state index contributed by atoms with van der Waals surface area (Å²) in [5.74, 6) is 0.0475. The summed E-state index contributed by atoms with van der Waals surface area (Å²) < 4.78 is 23.9. The van der Waals surface area contributed by atoms with Gasteiger partial charge in [0.25, 0.3) is 5.91 Å². The SMILES string of the molecule is COc1cccc([C@H]2NC(=O)NC(C)=C2C(=O)Nc2ccc(F)cc2)c1OC. The number of allylic oxidation sites excluding steroid dienone is 1. The van der Waals surface area contributed by atoms with Crippen LogP contribution < -0.4 is 25.4 Å². The Hall–Kier alpha value is -3.55. The first-order valence-corrected chi connectivity index (χ1v) is 8.50. The highest BCUT2D eigenvalue weighted by molar-refractivity contribution is 6.06. The number of para-hydroxylation sites is 1. The lowest BCUT2D eigenvalue weighted by Crippen LogP contribution is -2.46. The van der Waals surface area contributed by atoms with Gasteiger partial charge in [-0.3, -0.25) is 4.79 Å². The van der Waals surface area contributed by atoms with E-state index in [4.69, 9.17) is 9.47 Å². The van der Waals surface area contributed by atoms with Crippen LogP contribution in [0.5, 0.6) is 11.5 Å². The minimum Gasteiger partial charge on any atom is -0.493 e. The van der Waals surface area contributed by atoms with Crippen LogP contribution in [0, 0.1) is 5.82 Å². The fraction of sp³-hybridized carbons (Fsp3) is 0.200. The van der Waals surface area contributed by atoms with Crippen LogP contribution in [0.25, 0.3) is 0 Å². The number of urea groups is 1. The first-order chi connectivity index (χ1) is 13.4. The molecule has 8 heteroatoms. The van der Waals surface area contributed by atoms with Crippen LogP contribution in [0.4, 0.5) is 14.9 Å². The molecule has 0 radical (unpaired) electrons. The Labute approximate surface area is 161 Å². The molecule has 28 heavy (non-hydrogen) atoms. The van der Waals surface area contributed by atoms with Crippen molar-refractivity contribution in [2.45, 2.75) is 13.0 Å². The lowest BCUT2D eigenvalue weighted by Gasteiger charge is -2.30. The van der Waals surface area contributed by atoms with E-state index in [1.165, 1.54) is 38.5 Å². The average Bonchev–Trinajstić information content (AvgIpc) is 2.68. The summed E-state index contributed by atoms with van der Waals surface area (Å²) in [6.45, 7) is 1.64. The van der Waals surface area contributed by atoms with Gasteiger partial charge in [0.1, 0.15) is 5.82 Å². The molecular formula is C20H20FN3O4. The minimum atomic E-state index is -0.765. The number of hydrogen-bond acceptors (Lipinski definition) is 4. The van der Waals surface area contributed by atoms with E-state index in [1.807, 2.05) is 0 Å². The number of carbonyl (C=O) groups is 2. The van der Waals surface area contributed by atoms with E-state index < -0.39 is 23.8 Å². The van der Waals surface area contributed by atoms with E-state index in [0.717, 1.165) is 0 Å². The summed E-state index contributed by atoms with van der Waals surface area (Å²) in [5, 5.41) is 8.08. The molecule has 3 N–H and O–H groups in total. The van der Waals surface area contributed by atoms with Crippen LogP contribution in [-0.4, -0.2) is 26.2 Å². The van der Waals surface area contributed by atoms with Gasteiger partial charge in [0.05, 0.1) is 25.8 Å². The van der Waals surface area contributed by atoms with Crippen molar-refractivity contribution < 1.29 is 23.5 Å². The number of amides is 3. The molecule has 0 aliphatic carbocycles. The summed E-state index contributed by atoms with van der Waals surface area (Å²) in [7, 11) is 2.99. The Kier molecular flexibility index (Phi) is 5.49. The van der Waals surface area contributed by atoms with E-state index in [0.29, 0.717) is 34.0 Å². The molecule has 1 aliphatic heterocycles. The number of carbonyl (C=O) groups excluding carboxylic acids is 2. The molecule has 0 saturated heterocycles. The van der Waals surface area contributed by atoms with E-state index in [9.17, 15) is 14.0 Å². The molecular weight excluding hydrogens is 365 g/mol. The van der Waals surface area contributed by atoms with Gasteiger partial charge in [-0.15, -0.1) is 0 Å². The Morgan fingerprint density at radius 2 is 1.82 bits per heavy atom. The van der Waals surface area contributed by atoms with Gasteiger partial charge in [0.15, 0.2) is 11.5 Å². The Balaban J connectivity index is 2.02. The Bertz CT molecular complexity index is 941. The fourth-order valence-corrected chi connectivity index (χ4v) is 3.10. The molecule has 0 fully saturated rings. The van der Waals surface area contributed by atoms with E-state index in [-0.39, 0.29) is 0 Å². The average molecular weight is 385 g/mol. The van der Waals surface area contributed by atoms with Crippen molar-refractivity contribution in [2.24, 2.45) is 0 Å². The van der Waals surface area contributed by atoms with Crippen LogP contribution in [-0.2, 0) is 4.79 Å². The van der Waals surface area contributed by atoms with Crippen LogP contribution in [0.15, 0.2) is 53.7 Å². The van der Waals surface area contributed by atoms with Gasteiger partial charge in [-0.1, -0.05) is 12.1 Å². The molecule has 146 valence electrons. The number of anilines is 1. The van der Waals surface area contributed by atoms with Crippen LogP contribution in [0.2, 0.25) is 0 Å². The highest BCUT2D eigenvalue weighted by atomic mass is 19.1. The zero-order chi connectivity index (χ0) is 20.3. The van der Waals surface area contributed by atoms with Gasteiger partial charge < -0.3 is 25.4 Å². The number of ether oxygens (including phenoxy) is 2. The van der Waals surface area contributed by atoms with Gasteiger partial charge in [-0.2, -0.15) is 0 Å². The molecule has 0 unspecified atom stereocenters. The fourth-order valence-electron chi connectivity index (χ4n) is 3.10. The number of benzene rings is 2. The van der Waals surface area contributed by atoms with Crippen LogP contribution in [0.1, 0.15) is 18.5 Å². The topological polar surface area (TPSA) is 88.7 Å². The number of rotatable bonds is 5. The van der Waals surface area contributed by atoms with Gasteiger partial charge in [-0.05, 0) is 37.3 Å². The van der Waals surface area contributed by atoms with Crippen LogP contribution in [0.3, 0.4) is 0 Å². The summed E-state index contributed by atoms with van der Waals surface area (Å²) >= 11 is 0. The zero-order valence-corrected chi connectivity index (χ0v) is 15.6. The van der Waals surface area contributed by atoms with Crippen LogP contribution >= 0.6 is 0 Å². The third-order valence-electron chi connectivity index (χ3n) is 4.36. The maximum absolute atomic E-state index is 13.1. The number of nitrogens with one attached hydrogen (secondary N) is 3. The van der Waals surface area contributed by atoms with Crippen molar-refractivity contribution >= 4 is 17.6 Å². The normalized spacial score (nSPS) is 16.1. The van der Waals surface area contributed by atoms with Crippen molar-refractivity contribution in [3.8, 4) is 11.5 Å².